The first-order chi connectivity index (χ1) is 15.9. The number of para-hydroxylation sites is 1. The number of nitrogens with zero attached hydrogens (tertiary/aromatic N) is 3. The number of methoxy groups -OCH3 is 1. The van der Waals surface area contributed by atoms with E-state index < -0.39 is 12.1 Å². The quantitative estimate of drug-likeness (QED) is 0.311. The molecule has 33 heavy (non-hydrogen) atoms. The first-order valence-corrected chi connectivity index (χ1v) is 11.4. The molecule has 3 rings (SSSR count). The number of carbonyl (C=O) groups excluding carboxylic acids is 1. The number of hydrogen-bond acceptors (Lipinski definition) is 7. The molecule has 0 spiro atoms. The minimum Gasteiger partial charge on any atom is -0.493 e. The first kappa shape index (κ1) is 24.4. The summed E-state index contributed by atoms with van der Waals surface area (Å²) in [6, 6.07) is 10.6. The average molecular weight is 516 g/mol. The Morgan fingerprint density at radius 1 is 1.27 bits per heavy atom. The van der Waals surface area contributed by atoms with Crippen molar-refractivity contribution in [2.45, 2.75) is 39.7 Å². The van der Waals surface area contributed by atoms with Gasteiger partial charge in [-0.25, -0.2) is 9.78 Å². The molecule has 1 atom stereocenters. The lowest BCUT2D eigenvalue weighted by Gasteiger charge is -2.17. The van der Waals surface area contributed by atoms with Gasteiger partial charge in [-0.05, 0) is 50.6 Å². The number of carbonyl (C=O) groups is 1. The Morgan fingerprint density at radius 2 is 2.06 bits per heavy atom. The second kappa shape index (κ2) is 11.1. The fraction of sp³-hybridized carbons (Fsp3) is 0.333. The molecule has 0 aliphatic heterocycles. The number of halogens is 1. The number of ether oxygens (including phenoxy) is 3. The van der Waals surface area contributed by atoms with Crippen LogP contribution in [0.2, 0.25) is 0 Å². The Morgan fingerprint density at radius 3 is 2.76 bits per heavy atom. The molecule has 0 radical (unpaired) electrons. The summed E-state index contributed by atoms with van der Waals surface area (Å²) in [5.74, 6) is 0.818. The minimum atomic E-state index is -0.855. The highest BCUT2D eigenvalue weighted by Crippen LogP contribution is 2.31. The fourth-order valence-corrected chi connectivity index (χ4v) is 3.59. The molecule has 9 heteroatoms. The SMILES string of the molecule is CCCc1nc2ccc(Br)cc2c(=O)n1N=Cc1cccc(OC)c1O[C@H](C)C(=O)OCC. The van der Waals surface area contributed by atoms with E-state index in [9.17, 15) is 9.59 Å². The molecule has 8 nitrogen and oxygen atoms in total. The molecule has 0 amide bonds. The first-order valence-electron chi connectivity index (χ1n) is 10.6. The van der Waals surface area contributed by atoms with Gasteiger partial charge in [0.05, 0.1) is 30.8 Å². The zero-order valence-corrected chi connectivity index (χ0v) is 20.6. The third-order valence-corrected chi connectivity index (χ3v) is 5.30. The number of aryl methyl sites for hydroxylation is 1. The normalized spacial score (nSPS) is 12.2. The molecule has 0 fully saturated rings. The predicted molar refractivity (Wildman–Crippen MR) is 130 cm³/mol. The third kappa shape index (κ3) is 5.60. The summed E-state index contributed by atoms with van der Waals surface area (Å²) < 4.78 is 18.4. The Hall–Kier alpha value is -3.20. The van der Waals surface area contributed by atoms with Gasteiger partial charge in [-0.15, -0.1) is 0 Å². The van der Waals surface area contributed by atoms with Crippen molar-refractivity contribution >= 4 is 39.0 Å². The van der Waals surface area contributed by atoms with Crippen LogP contribution in [0.25, 0.3) is 10.9 Å². The minimum absolute atomic E-state index is 0.251. The molecule has 174 valence electrons. The molecule has 0 N–H and O–H groups in total. The summed E-state index contributed by atoms with van der Waals surface area (Å²) >= 11 is 3.40. The van der Waals surface area contributed by atoms with Crippen molar-refractivity contribution in [1.82, 2.24) is 9.66 Å². The lowest BCUT2D eigenvalue weighted by atomic mass is 10.2. The monoisotopic (exact) mass is 515 g/mol. The van der Waals surface area contributed by atoms with Gasteiger partial charge in [-0.3, -0.25) is 4.79 Å². The molecule has 1 aromatic heterocycles. The zero-order chi connectivity index (χ0) is 24.0. The topological polar surface area (TPSA) is 92.0 Å². The number of aromatic nitrogens is 2. The van der Waals surface area contributed by atoms with Crippen LogP contribution in [0.5, 0.6) is 11.5 Å². The maximum Gasteiger partial charge on any atom is 0.347 e. The van der Waals surface area contributed by atoms with Crippen LogP contribution in [0.15, 0.2) is 50.8 Å². The van der Waals surface area contributed by atoms with Crippen LogP contribution in [-0.2, 0) is 16.0 Å². The Balaban J connectivity index is 2.08. The average Bonchev–Trinajstić information content (AvgIpc) is 2.80. The van der Waals surface area contributed by atoms with Crippen molar-refractivity contribution in [3.8, 4) is 11.5 Å². The molecule has 0 unspecified atom stereocenters. The molecule has 1 heterocycles. The van der Waals surface area contributed by atoms with Gasteiger partial charge in [0.1, 0.15) is 5.82 Å². The van der Waals surface area contributed by atoms with E-state index in [0.29, 0.717) is 40.2 Å². The van der Waals surface area contributed by atoms with Crippen molar-refractivity contribution in [1.29, 1.82) is 0 Å². The lowest BCUT2D eigenvalue weighted by Crippen LogP contribution is -2.26. The molecule has 0 bridgehead atoms. The molecular formula is C24H26BrN3O5. The van der Waals surface area contributed by atoms with Crippen LogP contribution >= 0.6 is 15.9 Å². The molecule has 3 aromatic rings. The Kier molecular flexibility index (Phi) is 8.21. The summed E-state index contributed by atoms with van der Waals surface area (Å²) in [5.41, 5.74) is 0.882. The second-order valence-corrected chi connectivity index (χ2v) is 8.11. The van der Waals surface area contributed by atoms with E-state index in [2.05, 4.69) is 26.0 Å². The van der Waals surface area contributed by atoms with Crippen LogP contribution in [0.4, 0.5) is 0 Å². The maximum absolute atomic E-state index is 13.2. The smallest absolute Gasteiger partial charge is 0.347 e. The van der Waals surface area contributed by atoms with E-state index in [1.165, 1.54) is 18.0 Å². The number of fused-ring (bicyclic) bond motifs is 1. The van der Waals surface area contributed by atoms with E-state index >= 15 is 0 Å². The highest BCUT2D eigenvalue weighted by molar-refractivity contribution is 9.10. The van der Waals surface area contributed by atoms with E-state index in [1.807, 2.05) is 13.0 Å². The molecule has 0 aliphatic rings. The second-order valence-electron chi connectivity index (χ2n) is 7.19. The van der Waals surface area contributed by atoms with Crippen LogP contribution < -0.4 is 15.0 Å². The highest BCUT2D eigenvalue weighted by atomic mass is 79.9. The molecule has 2 aromatic carbocycles. The lowest BCUT2D eigenvalue weighted by molar-refractivity contribution is -0.150. The maximum atomic E-state index is 13.2. The van der Waals surface area contributed by atoms with Gasteiger partial charge in [-0.2, -0.15) is 9.78 Å². The molecule has 0 saturated carbocycles. The summed E-state index contributed by atoms with van der Waals surface area (Å²) in [7, 11) is 1.51. The summed E-state index contributed by atoms with van der Waals surface area (Å²) in [5, 5.41) is 4.91. The standard InChI is InChI=1S/C24H26BrN3O5/c1-5-8-21-27-19-12-11-17(25)13-18(19)23(29)28(21)26-14-16-9-7-10-20(31-4)22(16)33-15(3)24(30)32-6-2/h7,9-15H,5-6,8H2,1-4H3/t15-/m1/s1. The van der Waals surface area contributed by atoms with Crippen LogP contribution in [0, 0.1) is 0 Å². The van der Waals surface area contributed by atoms with E-state index in [0.717, 1.165) is 10.9 Å². The largest absolute Gasteiger partial charge is 0.493 e. The van der Waals surface area contributed by atoms with Gasteiger partial charge >= 0.3 is 5.97 Å². The van der Waals surface area contributed by atoms with Gasteiger partial charge in [0, 0.05) is 16.5 Å². The molecule has 0 saturated heterocycles. The van der Waals surface area contributed by atoms with Crippen molar-refractivity contribution in [2.24, 2.45) is 5.10 Å². The van der Waals surface area contributed by atoms with Gasteiger partial charge in [-0.1, -0.05) is 28.9 Å². The fourth-order valence-electron chi connectivity index (χ4n) is 3.23. The van der Waals surface area contributed by atoms with Crippen LogP contribution in [0.3, 0.4) is 0 Å². The van der Waals surface area contributed by atoms with Gasteiger partial charge in [0.2, 0.25) is 0 Å². The summed E-state index contributed by atoms with van der Waals surface area (Å²) in [4.78, 5) is 29.9. The highest BCUT2D eigenvalue weighted by Gasteiger charge is 2.20. The van der Waals surface area contributed by atoms with Crippen LogP contribution in [0.1, 0.15) is 38.6 Å². The van der Waals surface area contributed by atoms with Crippen molar-refractivity contribution in [3.63, 3.8) is 0 Å². The molecule has 0 aliphatic carbocycles. The van der Waals surface area contributed by atoms with Crippen molar-refractivity contribution < 1.29 is 19.0 Å². The predicted octanol–water partition coefficient (Wildman–Crippen LogP) is 4.33. The van der Waals surface area contributed by atoms with Crippen LogP contribution in [-0.4, -0.2) is 41.7 Å². The van der Waals surface area contributed by atoms with E-state index in [-0.39, 0.29) is 12.2 Å². The number of benzene rings is 2. The zero-order valence-electron chi connectivity index (χ0n) is 19.0. The van der Waals surface area contributed by atoms with Crippen molar-refractivity contribution in [2.75, 3.05) is 13.7 Å². The third-order valence-electron chi connectivity index (χ3n) is 4.80. The van der Waals surface area contributed by atoms with Gasteiger partial charge in [0.25, 0.3) is 5.56 Å². The van der Waals surface area contributed by atoms with Gasteiger partial charge < -0.3 is 14.2 Å². The Bertz CT molecular complexity index is 1240. The Labute approximate surface area is 200 Å². The van der Waals surface area contributed by atoms with E-state index in [1.54, 1.807) is 44.2 Å². The number of rotatable bonds is 9. The number of esters is 1. The summed E-state index contributed by atoms with van der Waals surface area (Å²) in [6.45, 7) is 5.59. The van der Waals surface area contributed by atoms with E-state index in [4.69, 9.17) is 14.2 Å². The van der Waals surface area contributed by atoms with Gasteiger partial charge in [0.15, 0.2) is 17.6 Å². The number of hydrogen-bond donors (Lipinski definition) is 0. The van der Waals surface area contributed by atoms with Crippen molar-refractivity contribution in [3.05, 3.63) is 62.6 Å². The molecular weight excluding hydrogens is 490 g/mol. The summed E-state index contributed by atoms with van der Waals surface area (Å²) in [6.07, 6.45) is 2.03.